The minimum Gasteiger partial charge on any atom is -0.381 e. The normalized spacial score (nSPS) is 23.9. The molecule has 0 aromatic carbocycles. The van der Waals surface area contributed by atoms with Crippen LogP contribution < -0.4 is 5.73 Å². The van der Waals surface area contributed by atoms with Gasteiger partial charge in [-0.15, -0.1) is 0 Å². The Morgan fingerprint density at radius 3 is 2.94 bits per heavy atom. The minimum absolute atomic E-state index is 0.349. The van der Waals surface area contributed by atoms with Gasteiger partial charge in [-0.25, -0.2) is 9.97 Å². The summed E-state index contributed by atoms with van der Waals surface area (Å²) >= 11 is 0. The van der Waals surface area contributed by atoms with E-state index in [1.807, 2.05) is 23.8 Å². The van der Waals surface area contributed by atoms with Gasteiger partial charge in [-0.2, -0.15) is 0 Å². The molecule has 1 aliphatic rings. The standard InChI is InChI=1S/C12H16N4O/c1-7-3-10-11(14-6-7)16(12(13)15-10)8-4-9(5-8)17-2/h3,6,8-9H,4-5H2,1-2H3,(H2,13,15). The number of rotatable bonds is 2. The summed E-state index contributed by atoms with van der Waals surface area (Å²) in [6.07, 6.45) is 4.18. The number of ether oxygens (including phenoxy) is 1. The summed E-state index contributed by atoms with van der Waals surface area (Å²) < 4.78 is 7.32. The molecule has 2 heterocycles. The number of pyridine rings is 1. The Bertz CT molecular complexity index is 557. The van der Waals surface area contributed by atoms with Crippen molar-refractivity contribution in [2.45, 2.75) is 31.9 Å². The van der Waals surface area contributed by atoms with Gasteiger partial charge in [-0.3, -0.25) is 4.57 Å². The molecule has 0 unspecified atom stereocenters. The van der Waals surface area contributed by atoms with Gasteiger partial charge in [0.05, 0.1) is 6.10 Å². The Balaban J connectivity index is 2.02. The van der Waals surface area contributed by atoms with Gasteiger partial charge in [0.1, 0.15) is 5.52 Å². The summed E-state index contributed by atoms with van der Waals surface area (Å²) in [6, 6.07) is 2.39. The van der Waals surface area contributed by atoms with E-state index in [0.717, 1.165) is 29.6 Å². The predicted octanol–water partition coefficient (Wildman–Crippen LogP) is 1.67. The molecule has 0 bridgehead atoms. The lowest BCUT2D eigenvalue weighted by molar-refractivity contribution is 0.00784. The fourth-order valence-corrected chi connectivity index (χ4v) is 2.40. The summed E-state index contributed by atoms with van der Waals surface area (Å²) in [4.78, 5) is 8.80. The van der Waals surface area contributed by atoms with E-state index in [9.17, 15) is 0 Å². The van der Waals surface area contributed by atoms with E-state index in [4.69, 9.17) is 10.5 Å². The van der Waals surface area contributed by atoms with Gasteiger partial charge >= 0.3 is 0 Å². The molecule has 1 fully saturated rings. The van der Waals surface area contributed by atoms with E-state index in [1.165, 1.54) is 0 Å². The molecule has 1 saturated carbocycles. The van der Waals surface area contributed by atoms with Gasteiger partial charge in [-0.1, -0.05) is 0 Å². The lowest BCUT2D eigenvalue weighted by Gasteiger charge is -2.35. The summed E-state index contributed by atoms with van der Waals surface area (Å²) in [6.45, 7) is 2.01. The van der Waals surface area contributed by atoms with Crippen LogP contribution in [0.25, 0.3) is 11.2 Å². The third kappa shape index (κ3) is 1.58. The van der Waals surface area contributed by atoms with E-state index in [0.29, 0.717) is 18.1 Å². The molecule has 1 aliphatic carbocycles. The first kappa shape index (κ1) is 10.5. The van der Waals surface area contributed by atoms with Crippen molar-refractivity contribution >= 4 is 17.1 Å². The van der Waals surface area contributed by atoms with Crippen molar-refractivity contribution in [3.8, 4) is 0 Å². The number of aryl methyl sites for hydroxylation is 1. The Morgan fingerprint density at radius 2 is 2.24 bits per heavy atom. The van der Waals surface area contributed by atoms with Gasteiger partial charge in [0, 0.05) is 19.3 Å². The number of nitrogens with two attached hydrogens (primary N) is 1. The number of nitrogens with zero attached hydrogens (tertiary/aromatic N) is 3. The second kappa shape index (κ2) is 3.70. The van der Waals surface area contributed by atoms with Crippen LogP contribution in [0.3, 0.4) is 0 Å². The van der Waals surface area contributed by atoms with Crippen LogP contribution in [0.5, 0.6) is 0 Å². The summed E-state index contributed by atoms with van der Waals surface area (Å²) in [5, 5.41) is 0. The van der Waals surface area contributed by atoms with Gasteiger partial charge in [-0.05, 0) is 31.4 Å². The van der Waals surface area contributed by atoms with E-state index >= 15 is 0 Å². The maximum absolute atomic E-state index is 5.97. The van der Waals surface area contributed by atoms with Crippen molar-refractivity contribution in [1.82, 2.24) is 14.5 Å². The number of anilines is 1. The molecule has 0 amide bonds. The van der Waals surface area contributed by atoms with Crippen LogP contribution in [0.4, 0.5) is 5.95 Å². The first-order valence-corrected chi connectivity index (χ1v) is 5.82. The number of methoxy groups -OCH3 is 1. The average molecular weight is 232 g/mol. The Labute approximate surface area is 99.6 Å². The second-order valence-electron chi connectivity index (χ2n) is 4.68. The average Bonchev–Trinajstić information content (AvgIpc) is 2.53. The van der Waals surface area contributed by atoms with E-state index < -0.39 is 0 Å². The number of fused-ring (bicyclic) bond motifs is 1. The smallest absolute Gasteiger partial charge is 0.202 e. The highest BCUT2D eigenvalue weighted by Crippen LogP contribution is 2.37. The van der Waals surface area contributed by atoms with Crippen molar-refractivity contribution < 1.29 is 4.74 Å². The number of nitrogen functional groups attached to an aromatic ring is 1. The first-order chi connectivity index (χ1) is 8.19. The fraction of sp³-hybridized carbons (Fsp3) is 0.500. The van der Waals surface area contributed by atoms with Crippen LogP contribution >= 0.6 is 0 Å². The van der Waals surface area contributed by atoms with Crippen molar-refractivity contribution in [3.63, 3.8) is 0 Å². The third-order valence-electron chi connectivity index (χ3n) is 3.46. The SMILES string of the molecule is COC1CC(n2c(N)nc3cc(C)cnc32)C1. The molecule has 17 heavy (non-hydrogen) atoms. The van der Waals surface area contributed by atoms with Crippen LogP contribution in [-0.4, -0.2) is 27.7 Å². The first-order valence-electron chi connectivity index (χ1n) is 5.82. The molecule has 0 atom stereocenters. The molecule has 5 nitrogen and oxygen atoms in total. The van der Waals surface area contributed by atoms with Crippen molar-refractivity contribution in [2.24, 2.45) is 0 Å². The van der Waals surface area contributed by atoms with Gasteiger partial charge in [0.25, 0.3) is 0 Å². The van der Waals surface area contributed by atoms with Crippen LogP contribution in [0, 0.1) is 6.92 Å². The molecule has 0 saturated heterocycles. The van der Waals surface area contributed by atoms with Gasteiger partial charge in [0.15, 0.2) is 5.65 Å². The van der Waals surface area contributed by atoms with Crippen molar-refractivity contribution in [1.29, 1.82) is 0 Å². The topological polar surface area (TPSA) is 66.0 Å². The summed E-state index contributed by atoms with van der Waals surface area (Å²) in [7, 11) is 1.75. The van der Waals surface area contributed by atoms with E-state index in [2.05, 4.69) is 9.97 Å². The molecular weight excluding hydrogens is 216 g/mol. The zero-order valence-electron chi connectivity index (χ0n) is 10.1. The fourth-order valence-electron chi connectivity index (χ4n) is 2.40. The number of hydrogen-bond donors (Lipinski definition) is 1. The van der Waals surface area contributed by atoms with Gasteiger partial charge < -0.3 is 10.5 Å². The maximum atomic E-state index is 5.97. The van der Waals surface area contributed by atoms with E-state index in [-0.39, 0.29) is 0 Å². The van der Waals surface area contributed by atoms with Crippen LogP contribution in [-0.2, 0) is 4.74 Å². The van der Waals surface area contributed by atoms with Crippen molar-refractivity contribution in [2.75, 3.05) is 12.8 Å². The maximum Gasteiger partial charge on any atom is 0.202 e. The molecule has 0 radical (unpaired) electrons. The highest BCUT2D eigenvalue weighted by molar-refractivity contribution is 5.74. The summed E-state index contributed by atoms with van der Waals surface area (Å²) in [5.41, 5.74) is 8.83. The molecule has 2 aromatic heterocycles. The number of aromatic nitrogens is 3. The number of hydrogen-bond acceptors (Lipinski definition) is 4. The van der Waals surface area contributed by atoms with Crippen LogP contribution in [0.15, 0.2) is 12.3 Å². The highest BCUT2D eigenvalue weighted by Gasteiger charge is 2.32. The van der Waals surface area contributed by atoms with Crippen LogP contribution in [0.2, 0.25) is 0 Å². The second-order valence-corrected chi connectivity index (χ2v) is 4.68. The van der Waals surface area contributed by atoms with Crippen LogP contribution in [0.1, 0.15) is 24.4 Å². The zero-order chi connectivity index (χ0) is 12.0. The molecular formula is C12H16N4O. The lowest BCUT2D eigenvalue weighted by Crippen LogP contribution is -2.33. The summed E-state index contributed by atoms with van der Waals surface area (Å²) in [5.74, 6) is 0.553. The Hall–Kier alpha value is -1.62. The molecule has 3 rings (SSSR count). The lowest BCUT2D eigenvalue weighted by atomic mass is 9.89. The Kier molecular flexibility index (Phi) is 2.29. The predicted molar refractivity (Wildman–Crippen MR) is 65.7 cm³/mol. The van der Waals surface area contributed by atoms with Crippen molar-refractivity contribution in [3.05, 3.63) is 17.8 Å². The Morgan fingerprint density at radius 1 is 1.47 bits per heavy atom. The molecule has 5 heteroatoms. The highest BCUT2D eigenvalue weighted by atomic mass is 16.5. The third-order valence-corrected chi connectivity index (χ3v) is 3.46. The molecule has 0 spiro atoms. The largest absolute Gasteiger partial charge is 0.381 e. The zero-order valence-corrected chi connectivity index (χ0v) is 10.1. The molecule has 2 N–H and O–H groups in total. The van der Waals surface area contributed by atoms with E-state index in [1.54, 1.807) is 7.11 Å². The monoisotopic (exact) mass is 232 g/mol. The minimum atomic E-state index is 0.349. The quantitative estimate of drug-likeness (QED) is 0.855. The molecule has 2 aromatic rings. The molecule has 0 aliphatic heterocycles. The van der Waals surface area contributed by atoms with Gasteiger partial charge in [0.2, 0.25) is 5.95 Å². The molecule has 90 valence electrons. The number of imidazole rings is 1.